The molecule has 2 aromatic rings. The molecule has 3 N–H and O–H groups in total. The Morgan fingerprint density at radius 3 is 2.58 bits per heavy atom. The van der Waals surface area contributed by atoms with Gasteiger partial charge in [0.1, 0.15) is 6.17 Å². The summed E-state index contributed by atoms with van der Waals surface area (Å²) in [5.41, 5.74) is 1.35. The normalized spacial score (nSPS) is 20.3. The predicted molar refractivity (Wildman–Crippen MR) is 104 cm³/mol. The topological polar surface area (TPSA) is 70.2 Å². The third-order valence-electron chi connectivity index (χ3n) is 4.49. The van der Waals surface area contributed by atoms with Crippen molar-refractivity contribution in [3.63, 3.8) is 0 Å². The maximum Gasteiger partial charge on any atom is 0.238 e. The van der Waals surface area contributed by atoms with Crippen LogP contribution in [0.2, 0.25) is 0 Å². The Morgan fingerprint density at radius 2 is 1.88 bits per heavy atom. The number of carbonyl (C=O) groups is 2. The largest absolute Gasteiger partial charge is 0.346 e. The van der Waals surface area contributed by atoms with Gasteiger partial charge in [0.15, 0.2) is 0 Å². The van der Waals surface area contributed by atoms with E-state index in [2.05, 4.69) is 31.9 Å². The maximum atomic E-state index is 12.8. The summed E-state index contributed by atoms with van der Waals surface area (Å²) in [5.74, 6) is -0.330. The highest BCUT2D eigenvalue weighted by Gasteiger charge is 2.34. The number of hydrogen-bond acceptors (Lipinski definition) is 3. The average Bonchev–Trinajstić information content (AvgIpc) is 2.61. The smallest absolute Gasteiger partial charge is 0.238 e. The van der Waals surface area contributed by atoms with Crippen LogP contribution >= 0.6 is 15.9 Å². The summed E-state index contributed by atoms with van der Waals surface area (Å²) in [6.45, 7) is 3.90. The minimum absolute atomic E-state index is 0.115. The van der Waals surface area contributed by atoms with E-state index in [1.54, 1.807) is 0 Å². The van der Waals surface area contributed by atoms with Crippen LogP contribution in [0, 0.1) is 0 Å². The van der Waals surface area contributed by atoms with E-state index in [0.29, 0.717) is 0 Å². The lowest BCUT2D eigenvalue weighted by Crippen LogP contribution is -2.58. The fourth-order valence-corrected chi connectivity index (χ4v) is 3.44. The number of hydrogen-bond donors (Lipinski definition) is 3. The number of nitrogens with one attached hydrogen (secondary N) is 3. The molecule has 0 aliphatic carbocycles. The van der Waals surface area contributed by atoms with Crippen molar-refractivity contribution in [3.8, 4) is 0 Å². The van der Waals surface area contributed by atoms with E-state index in [4.69, 9.17) is 0 Å². The number of halogens is 1. The molecule has 1 aliphatic rings. The molecule has 1 fully saturated rings. The molecular weight excluding hydrogens is 394 g/mol. The summed E-state index contributed by atoms with van der Waals surface area (Å²) < 4.78 is 0.955. The highest BCUT2D eigenvalue weighted by molar-refractivity contribution is 9.10. The van der Waals surface area contributed by atoms with Gasteiger partial charge in [-0.1, -0.05) is 58.4 Å². The monoisotopic (exact) mass is 415 g/mol. The first-order valence-corrected chi connectivity index (χ1v) is 9.33. The van der Waals surface area contributed by atoms with Gasteiger partial charge in [0.05, 0.1) is 18.0 Å². The zero-order valence-corrected chi connectivity index (χ0v) is 16.3. The van der Waals surface area contributed by atoms with Gasteiger partial charge in [0, 0.05) is 4.47 Å². The van der Waals surface area contributed by atoms with Crippen molar-refractivity contribution in [2.45, 2.75) is 38.0 Å². The van der Waals surface area contributed by atoms with Gasteiger partial charge in [-0.3, -0.25) is 14.9 Å². The third-order valence-corrected chi connectivity index (χ3v) is 4.99. The van der Waals surface area contributed by atoms with Crippen LogP contribution in [0.1, 0.15) is 37.6 Å². The second kappa shape index (κ2) is 7.60. The summed E-state index contributed by atoms with van der Waals surface area (Å²) >= 11 is 3.46. The molecule has 1 saturated heterocycles. The number of benzene rings is 2. The van der Waals surface area contributed by atoms with Gasteiger partial charge in [0.25, 0.3) is 0 Å². The number of carbonyl (C=O) groups excluding carboxylic acids is 2. The van der Waals surface area contributed by atoms with Crippen molar-refractivity contribution in [2.24, 2.45) is 0 Å². The van der Waals surface area contributed by atoms with E-state index < -0.39 is 11.6 Å². The molecule has 2 aromatic carbocycles. The van der Waals surface area contributed by atoms with Crippen LogP contribution in [0.4, 0.5) is 0 Å². The standard InChI is InChI=1S/C20H22BrN3O2/c1-20(2,14-9-6-10-15(21)11-14)24-19(26)16-12-17(25)23-18(22-16)13-7-4-3-5-8-13/h3-11,16,18,22H,12H2,1-2H3,(H,23,25)(H,24,26). The first-order chi connectivity index (χ1) is 12.3. The average molecular weight is 416 g/mol. The summed E-state index contributed by atoms with van der Waals surface area (Å²) in [6.07, 6.45) is -0.258. The Labute approximate surface area is 161 Å². The molecule has 6 heteroatoms. The lowest BCUT2D eigenvalue weighted by atomic mass is 9.93. The van der Waals surface area contributed by atoms with Crippen LogP contribution in [0.15, 0.2) is 59.1 Å². The van der Waals surface area contributed by atoms with Crippen LogP contribution in [0.5, 0.6) is 0 Å². The second-order valence-corrected chi connectivity index (χ2v) is 7.87. The van der Waals surface area contributed by atoms with Crippen LogP contribution < -0.4 is 16.0 Å². The minimum atomic E-state index is -0.583. The van der Waals surface area contributed by atoms with Crippen LogP contribution in [0.25, 0.3) is 0 Å². The SMILES string of the molecule is CC(C)(NC(=O)C1CC(=O)NC(c2ccccc2)N1)c1cccc(Br)c1. The molecule has 136 valence electrons. The Hall–Kier alpha value is -2.18. The highest BCUT2D eigenvalue weighted by Crippen LogP contribution is 2.24. The van der Waals surface area contributed by atoms with E-state index >= 15 is 0 Å². The lowest BCUT2D eigenvalue weighted by molar-refractivity contribution is -0.132. The van der Waals surface area contributed by atoms with Crippen LogP contribution in [0.3, 0.4) is 0 Å². The van der Waals surface area contributed by atoms with Crippen molar-refractivity contribution in [3.05, 3.63) is 70.2 Å². The molecule has 0 spiro atoms. The summed E-state index contributed by atoms with van der Waals surface area (Å²) in [7, 11) is 0. The molecule has 0 aromatic heterocycles. The highest BCUT2D eigenvalue weighted by atomic mass is 79.9. The van der Waals surface area contributed by atoms with Crippen molar-refractivity contribution < 1.29 is 9.59 Å². The molecule has 1 aliphatic heterocycles. The molecule has 3 rings (SSSR count). The molecule has 0 radical (unpaired) electrons. The van der Waals surface area contributed by atoms with E-state index in [1.807, 2.05) is 68.4 Å². The molecule has 2 amide bonds. The molecule has 2 unspecified atom stereocenters. The van der Waals surface area contributed by atoms with E-state index in [1.165, 1.54) is 0 Å². The summed E-state index contributed by atoms with van der Waals surface area (Å²) in [6, 6.07) is 16.8. The van der Waals surface area contributed by atoms with Gasteiger partial charge in [-0.25, -0.2) is 0 Å². The van der Waals surface area contributed by atoms with E-state index in [-0.39, 0.29) is 24.4 Å². The van der Waals surface area contributed by atoms with Gasteiger partial charge in [-0.15, -0.1) is 0 Å². The molecule has 5 nitrogen and oxygen atoms in total. The third kappa shape index (κ3) is 4.31. The molecule has 26 heavy (non-hydrogen) atoms. The zero-order valence-electron chi connectivity index (χ0n) is 14.8. The number of amides is 2. The Morgan fingerprint density at radius 1 is 1.15 bits per heavy atom. The zero-order chi connectivity index (χ0) is 18.7. The van der Waals surface area contributed by atoms with Gasteiger partial charge in [-0.05, 0) is 37.1 Å². The molecule has 2 atom stereocenters. The molecule has 0 saturated carbocycles. The van der Waals surface area contributed by atoms with Gasteiger partial charge in [0.2, 0.25) is 11.8 Å². The predicted octanol–water partition coefficient (Wildman–Crippen LogP) is 2.98. The van der Waals surface area contributed by atoms with Crippen molar-refractivity contribution in [1.82, 2.24) is 16.0 Å². The lowest BCUT2D eigenvalue weighted by Gasteiger charge is -2.34. The van der Waals surface area contributed by atoms with E-state index in [0.717, 1.165) is 15.6 Å². The fraction of sp³-hybridized carbons (Fsp3) is 0.300. The second-order valence-electron chi connectivity index (χ2n) is 6.96. The Balaban J connectivity index is 1.73. The molecule has 0 bridgehead atoms. The van der Waals surface area contributed by atoms with Crippen molar-refractivity contribution in [1.29, 1.82) is 0 Å². The van der Waals surface area contributed by atoms with Crippen LogP contribution in [-0.4, -0.2) is 17.9 Å². The number of rotatable bonds is 4. The van der Waals surface area contributed by atoms with Crippen molar-refractivity contribution in [2.75, 3.05) is 0 Å². The first-order valence-electron chi connectivity index (χ1n) is 8.53. The fourth-order valence-electron chi connectivity index (χ4n) is 3.05. The van der Waals surface area contributed by atoms with Crippen LogP contribution in [-0.2, 0) is 15.1 Å². The van der Waals surface area contributed by atoms with Gasteiger partial charge in [-0.2, -0.15) is 0 Å². The van der Waals surface area contributed by atoms with Gasteiger partial charge >= 0.3 is 0 Å². The summed E-state index contributed by atoms with van der Waals surface area (Å²) in [4.78, 5) is 24.9. The quantitative estimate of drug-likeness (QED) is 0.718. The Kier molecular flexibility index (Phi) is 5.44. The van der Waals surface area contributed by atoms with E-state index in [9.17, 15) is 9.59 Å². The maximum absolute atomic E-state index is 12.8. The minimum Gasteiger partial charge on any atom is -0.346 e. The van der Waals surface area contributed by atoms with Gasteiger partial charge < -0.3 is 10.6 Å². The molecule has 1 heterocycles. The molecular formula is C20H22BrN3O2. The Bertz CT molecular complexity index is 808. The first kappa shape index (κ1) is 18.6. The van der Waals surface area contributed by atoms with Crippen molar-refractivity contribution >= 4 is 27.7 Å². The summed E-state index contributed by atoms with van der Waals surface area (Å²) in [5, 5.41) is 9.18.